The Bertz CT molecular complexity index is 695. The number of carbonyl (C=O) groups is 2. The number of hydrogen-bond acceptors (Lipinski definition) is 3. The van der Waals surface area contributed by atoms with Gasteiger partial charge in [-0.3, -0.25) is 4.79 Å². The van der Waals surface area contributed by atoms with Crippen LogP contribution in [-0.4, -0.2) is 32.8 Å². The Morgan fingerprint density at radius 2 is 1.96 bits per heavy atom. The number of aliphatic carboxylic acids is 1. The SMILES string of the molecule is CC(C)CC(NC(=O)c1cnn(-c2ccc(Cl)cc2)c1)C(=O)O. The van der Waals surface area contributed by atoms with E-state index in [-0.39, 0.29) is 5.92 Å². The van der Waals surface area contributed by atoms with Gasteiger partial charge in [-0.1, -0.05) is 25.4 Å². The van der Waals surface area contributed by atoms with Gasteiger partial charge in [0.25, 0.3) is 5.91 Å². The Balaban J connectivity index is 2.11. The van der Waals surface area contributed by atoms with E-state index in [2.05, 4.69) is 10.4 Å². The molecular weight excluding hydrogens is 318 g/mol. The molecule has 6 nitrogen and oxygen atoms in total. The molecule has 0 saturated heterocycles. The van der Waals surface area contributed by atoms with Gasteiger partial charge >= 0.3 is 5.97 Å². The molecule has 0 bridgehead atoms. The van der Waals surface area contributed by atoms with Gasteiger partial charge in [-0.25, -0.2) is 9.48 Å². The van der Waals surface area contributed by atoms with E-state index in [1.54, 1.807) is 30.5 Å². The lowest BCUT2D eigenvalue weighted by atomic mass is 10.0. The minimum absolute atomic E-state index is 0.160. The van der Waals surface area contributed by atoms with Gasteiger partial charge in [0.2, 0.25) is 0 Å². The lowest BCUT2D eigenvalue weighted by Gasteiger charge is -2.15. The van der Waals surface area contributed by atoms with Gasteiger partial charge in [-0.15, -0.1) is 0 Å². The second kappa shape index (κ2) is 7.28. The third-order valence-corrected chi connectivity index (χ3v) is 3.50. The molecular formula is C16H18ClN3O3. The number of halogens is 1. The maximum atomic E-state index is 12.2. The standard InChI is InChI=1S/C16H18ClN3O3/c1-10(2)7-14(16(22)23)19-15(21)11-8-18-20(9-11)13-5-3-12(17)4-6-13/h3-6,8-10,14H,7H2,1-2H3,(H,19,21)(H,22,23). The minimum atomic E-state index is -1.04. The van der Waals surface area contributed by atoms with Crippen LogP contribution in [-0.2, 0) is 4.79 Å². The van der Waals surface area contributed by atoms with Gasteiger partial charge in [0, 0.05) is 11.2 Å². The lowest BCUT2D eigenvalue weighted by Crippen LogP contribution is -2.41. The molecule has 23 heavy (non-hydrogen) atoms. The van der Waals surface area contributed by atoms with Crippen LogP contribution in [0.3, 0.4) is 0 Å². The first-order valence-electron chi connectivity index (χ1n) is 7.21. The number of carboxylic acid groups (broad SMARTS) is 1. The highest BCUT2D eigenvalue weighted by atomic mass is 35.5. The van der Waals surface area contributed by atoms with Crippen LogP contribution in [0.2, 0.25) is 5.02 Å². The zero-order chi connectivity index (χ0) is 17.0. The number of rotatable bonds is 6. The molecule has 122 valence electrons. The molecule has 1 aromatic carbocycles. The predicted octanol–water partition coefficient (Wildman–Crippen LogP) is 2.75. The summed E-state index contributed by atoms with van der Waals surface area (Å²) >= 11 is 5.83. The monoisotopic (exact) mass is 335 g/mol. The fraction of sp³-hybridized carbons (Fsp3) is 0.312. The van der Waals surface area contributed by atoms with E-state index in [9.17, 15) is 14.7 Å². The largest absolute Gasteiger partial charge is 0.480 e. The molecule has 2 N–H and O–H groups in total. The Labute approximate surface area is 139 Å². The summed E-state index contributed by atoms with van der Waals surface area (Å²) in [5.74, 6) is -1.34. The first-order valence-corrected chi connectivity index (χ1v) is 7.59. The van der Waals surface area contributed by atoms with Crippen molar-refractivity contribution < 1.29 is 14.7 Å². The second-order valence-corrected chi connectivity index (χ2v) is 6.08. The molecule has 0 spiro atoms. The third-order valence-electron chi connectivity index (χ3n) is 3.25. The van der Waals surface area contributed by atoms with Crippen molar-refractivity contribution in [1.29, 1.82) is 0 Å². The number of benzene rings is 1. The van der Waals surface area contributed by atoms with Crippen molar-refractivity contribution in [3.8, 4) is 5.69 Å². The Hall–Kier alpha value is -2.34. The van der Waals surface area contributed by atoms with Crippen molar-refractivity contribution in [1.82, 2.24) is 15.1 Å². The summed E-state index contributed by atoms with van der Waals surface area (Å²) in [6.45, 7) is 3.81. The van der Waals surface area contributed by atoms with Gasteiger partial charge in [0.1, 0.15) is 6.04 Å². The van der Waals surface area contributed by atoms with Crippen LogP contribution in [0.25, 0.3) is 5.69 Å². The quantitative estimate of drug-likeness (QED) is 0.850. The van der Waals surface area contributed by atoms with E-state index in [0.29, 0.717) is 17.0 Å². The maximum absolute atomic E-state index is 12.2. The molecule has 7 heteroatoms. The highest BCUT2D eigenvalue weighted by Gasteiger charge is 2.22. The topological polar surface area (TPSA) is 84.2 Å². The molecule has 1 amide bonds. The number of aromatic nitrogens is 2. The highest BCUT2D eigenvalue weighted by molar-refractivity contribution is 6.30. The fourth-order valence-corrected chi connectivity index (χ4v) is 2.24. The summed E-state index contributed by atoms with van der Waals surface area (Å²) in [5, 5.41) is 16.4. The summed E-state index contributed by atoms with van der Waals surface area (Å²) < 4.78 is 1.53. The highest BCUT2D eigenvalue weighted by Crippen LogP contribution is 2.14. The summed E-state index contributed by atoms with van der Waals surface area (Å²) in [6, 6.07) is 6.08. The van der Waals surface area contributed by atoms with Crippen molar-refractivity contribution >= 4 is 23.5 Å². The summed E-state index contributed by atoms with van der Waals surface area (Å²) in [7, 11) is 0. The van der Waals surface area contributed by atoms with Crippen LogP contribution in [0.15, 0.2) is 36.7 Å². The molecule has 0 aliphatic heterocycles. The number of carbonyl (C=O) groups excluding carboxylic acids is 1. The number of carboxylic acids is 1. The molecule has 1 atom stereocenters. The number of hydrogen-bond donors (Lipinski definition) is 2. The maximum Gasteiger partial charge on any atom is 0.326 e. The Morgan fingerprint density at radius 1 is 1.30 bits per heavy atom. The molecule has 1 unspecified atom stereocenters. The molecule has 0 saturated carbocycles. The molecule has 1 aromatic heterocycles. The van der Waals surface area contributed by atoms with Crippen LogP contribution in [0.5, 0.6) is 0 Å². The van der Waals surface area contributed by atoms with Crippen molar-refractivity contribution in [3.05, 3.63) is 47.2 Å². The van der Waals surface area contributed by atoms with Crippen LogP contribution in [0.4, 0.5) is 0 Å². The van der Waals surface area contributed by atoms with Crippen LogP contribution < -0.4 is 5.32 Å². The first-order chi connectivity index (χ1) is 10.9. The summed E-state index contributed by atoms with van der Waals surface area (Å²) in [5.41, 5.74) is 1.06. The van der Waals surface area contributed by atoms with E-state index in [4.69, 9.17) is 11.6 Å². The van der Waals surface area contributed by atoms with E-state index < -0.39 is 17.9 Å². The zero-order valence-corrected chi connectivity index (χ0v) is 13.6. The van der Waals surface area contributed by atoms with Crippen LogP contribution >= 0.6 is 11.6 Å². The Kier molecular flexibility index (Phi) is 5.39. The van der Waals surface area contributed by atoms with Crippen molar-refractivity contribution in [2.45, 2.75) is 26.3 Å². The van der Waals surface area contributed by atoms with Crippen molar-refractivity contribution in [3.63, 3.8) is 0 Å². The summed E-state index contributed by atoms with van der Waals surface area (Å²) in [4.78, 5) is 23.4. The van der Waals surface area contributed by atoms with E-state index in [1.807, 2.05) is 13.8 Å². The van der Waals surface area contributed by atoms with Crippen molar-refractivity contribution in [2.75, 3.05) is 0 Å². The van der Waals surface area contributed by atoms with Gasteiger partial charge in [-0.05, 0) is 36.6 Å². The normalized spacial score (nSPS) is 12.2. The van der Waals surface area contributed by atoms with Gasteiger partial charge < -0.3 is 10.4 Å². The molecule has 0 radical (unpaired) electrons. The molecule has 2 rings (SSSR count). The first kappa shape index (κ1) is 17.0. The number of amides is 1. The van der Waals surface area contributed by atoms with Crippen LogP contribution in [0, 0.1) is 5.92 Å². The van der Waals surface area contributed by atoms with Crippen LogP contribution in [0.1, 0.15) is 30.6 Å². The van der Waals surface area contributed by atoms with E-state index in [0.717, 1.165) is 5.69 Å². The lowest BCUT2D eigenvalue weighted by molar-refractivity contribution is -0.139. The molecule has 0 aliphatic carbocycles. The average Bonchev–Trinajstić information content (AvgIpc) is 2.96. The second-order valence-electron chi connectivity index (χ2n) is 5.64. The smallest absolute Gasteiger partial charge is 0.326 e. The average molecular weight is 336 g/mol. The predicted molar refractivity (Wildman–Crippen MR) is 86.9 cm³/mol. The van der Waals surface area contributed by atoms with Crippen molar-refractivity contribution in [2.24, 2.45) is 5.92 Å². The fourth-order valence-electron chi connectivity index (χ4n) is 2.11. The molecule has 0 aliphatic rings. The Morgan fingerprint density at radius 3 is 2.52 bits per heavy atom. The zero-order valence-electron chi connectivity index (χ0n) is 12.9. The van der Waals surface area contributed by atoms with E-state index >= 15 is 0 Å². The van der Waals surface area contributed by atoms with Gasteiger partial charge in [0.15, 0.2) is 0 Å². The molecule has 0 fully saturated rings. The molecule has 1 heterocycles. The number of nitrogens with zero attached hydrogens (tertiary/aromatic N) is 2. The number of nitrogens with one attached hydrogen (secondary N) is 1. The minimum Gasteiger partial charge on any atom is -0.480 e. The third kappa shape index (κ3) is 4.56. The van der Waals surface area contributed by atoms with Gasteiger partial charge in [-0.2, -0.15) is 5.10 Å². The van der Waals surface area contributed by atoms with Gasteiger partial charge in [0.05, 0.1) is 17.4 Å². The summed E-state index contributed by atoms with van der Waals surface area (Å²) in [6.07, 6.45) is 3.32. The van der Waals surface area contributed by atoms with E-state index in [1.165, 1.54) is 10.9 Å². The molecule has 2 aromatic rings.